The molecule has 1 aromatic carbocycles. The summed E-state index contributed by atoms with van der Waals surface area (Å²) in [6, 6.07) is 3.83. The van der Waals surface area contributed by atoms with Crippen LogP contribution in [0.5, 0.6) is 11.5 Å². The number of aryl methyl sites for hydroxylation is 1. The normalized spacial score (nSPS) is 19.6. The molecule has 2 aromatic heterocycles. The Hall–Kier alpha value is -2.73. The van der Waals surface area contributed by atoms with Gasteiger partial charge in [0.1, 0.15) is 5.52 Å². The van der Waals surface area contributed by atoms with Crippen LogP contribution in [0.1, 0.15) is 33.1 Å². The molecule has 0 unspecified atom stereocenters. The SMILES string of the molecule is CC(C)[C@@H]1C[C@@H](CCn2cnc(=N)c3[nH]c(Sc4cc5c(cc4Br)OCO5)nc32)CCN1C(=O)O. The summed E-state index contributed by atoms with van der Waals surface area (Å²) >= 11 is 5.03. The number of nitrogens with zero attached hydrogens (tertiary/aromatic N) is 4. The molecule has 12 heteroatoms. The van der Waals surface area contributed by atoms with Gasteiger partial charge in [-0.25, -0.2) is 14.8 Å². The minimum atomic E-state index is -0.830. The smallest absolute Gasteiger partial charge is 0.407 e. The Labute approximate surface area is 214 Å². The van der Waals surface area contributed by atoms with Crippen LogP contribution in [0, 0.1) is 17.2 Å². The highest BCUT2D eigenvalue weighted by Crippen LogP contribution is 2.42. The van der Waals surface area contributed by atoms with Gasteiger partial charge in [-0.2, -0.15) is 0 Å². The van der Waals surface area contributed by atoms with Crippen LogP contribution >= 0.6 is 27.7 Å². The Balaban J connectivity index is 1.33. The molecule has 2 atom stereocenters. The molecular formula is C23H27BrN6O4S. The second-order valence-corrected chi connectivity index (χ2v) is 11.1. The van der Waals surface area contributed by atoms with E-state index in [1.54, 1.807) is 11.2 Å². The first-order valence-corrected chi connectivity index (χ1v) is 13.2. The molecule has 3 aromatic rings. The zero-order valence-corrected chi connectivity index (χ0v) is 21.9. The summed E-state index contributed by atoms with van der Waals surface area (Å²) in [5.74, 6) is 2.10. The zero-order valence-electron chi connectivity index (χ0n) is 19.5. The number of nitrogens with one attached hydrogen (secondary N) is 2. The highest BCUT2D eigenvalue weighted by atomic mass is 79.9. The predicted molar refractivity (Wildman–Crippen MR) is 133 cm³/mol. The minimum Gasteiger partial charge on any atom is -0.465 e. The average molecular weight is 563 g/mol. The maximum atomic E-state index is 11.6. The number of piperidine rings is 1. The second-order valence-electron chi connectivity index (χ2n) is 9.23. The summed E-state index contributed by atoms with van der Waals surface area (Å²) in [4.78, 5) is 26.4. The fourth-order valence-corrected chi connectivity index (χ4v) is 6.16. The van der Waals surface area contributed by atoms with Crippen molar-refractivity contribution in [3.8, 4) is 11.5 Å². The van der Waals surface area contributed by atoms with E-state index in [9.17, 15) is 9.90 Å². The topological polar surface area (TPSA) is 129 Å². The summed E-state index contributed by atoms with van der Waals surface area (Å²) in [7, 11) is 0. The van der Waals surface area contributed by atoms with E-state index in [0.717, 1.165) is 28.6 Å². The van der Waals surface area contributed by atoms with Gasteiger partial charge in [-0.3, -0.25) is 5.41 Å². The molecule has 1 saturated heterocycles. The van der Waals surface area contributed by atoms with E-state index in [1.807, 2.05) is 16.7 Å². The highest BCUT2D eigenvalue weighted by molar-refractivity contribution is 9.10. The number of amides is 1. The van der Waals surface area contributed by atoms with Gasteiger partial charge in [0.25, 0.3) is 0 Å². The number of halogens is 1. The van der Waals surface area contributed by atoms with Gasteiger partial charge in [0.15, 0.2) is 27.8 Å². The minimum absolute atomic E-state index is 0.0403. The van der Waals surface area contributed by atoms with Gasteiger partial charge in [0.2, 0.25) is 6.79 Å². The van der Waals surface area contributed by atoms with Crippen molar-refractivity contribution in [1.29, 1.82) is 5.41 Å². The van der Waals surface area contributed by atoms with E-state index in [4.69, 9.17) is 19.9 Å². The Kier molecular flexibility index (Phi) is 6.67. The van der Waals surface area contributed by atoms with E-state index in [0.29, 0.717) is 46.8 Å². The standard InChI is InChI=1S/C23H27BrN6O4S/c1-12(2)15-7-13(4-6-30(15)23(31)32)3-5-29-10-26-20(25)19-21(29)28-22(27-19)35-18-9-17-16(8-14(18)24)33-11-34-17/h8-10,12-13,15,25H,3-7,11H2,1-2H3,(H,27,28)(H,31,32)/t13-,15-/m0/s1. The lowest BCUT2D eigenvalue weighted by Gasteiger charge is -2.40. The molecule has 0 bridgehead atoms. The van der Waals surface area contributed by atoms with Crippen LogP contribution < -0.4 is 15.0 Å². The predicted octanol–water partition coefficient (Wildman–Crippen LogP) is 4.69. The lowest BCUT2D eigenvalue weighted by Crippen LogP contribution is -2.48. The Morgan fingerprint density at radius 1 is 1.37 bits per heavy atom. The first kappa shape index (κ1) is 24.0. The number of ether oxygens (including phenoxy) is 2. The molecule has 0 saturated carbocycles. The molecule has 3 N–H and O–H groups in total. The molecule has 0 aliphatic carbocycles. The molecule has 0 spiro atoms. The summed E-state index contributed by atoms with van der Waals surface area (Å²) in [6.45, 7) is 5.65. The van der Waals surface area contributed by atoms with E-state index >= 15 is 0 Å². The third kappa shape index (κ3) is 4.86. The van der Waals surface area contributed by atoms with Crippen molar-refractivity contribution in [1.82, 2.24) is 24.4 Å². The third-order valence-corrected chi connectivity index (χ3v) is 8.54. The molecule has 5 rings (SSSR count). The number of carbonyl (C=O) groups is 1. The van der Waals surface area contributed by atoms with Gasteiger partial charge in [-0.15, -0.1) is 0 Å². The lowest BCUT2D eigenvalue weighted by atomic mass is 9.84. The number of benzene rings is 1. The van der Waals surface area contributed by atoms with Gasteiger partial charge in [0, 0.05) is 28.5 Å². The Morgan fingerprint density at radius 2 is 2.14 bits per heavy atom. The van der Waals surface area contributed by atoms with Crippen LogP contribution in [-0.4, -0.2) is 55.0 Å². The number of hydrogen-bond acceptors (Lipinski definition) is 7. The summed E-state index contributed by atoms with van der Waals surface area (Å²) in [5, 5.41) is 18.4. The third-order valence-electron chi connectivity index (χ3n) is 6.68. The van der Waals surface area contributed by atoms with Crippen molar-refractivity contribution >= 4 is 44.9 Å². The Morgan fingerprint density at radius 3 is 2.89 bits per heavy atom. The monoisotopic (exact) mass is 562 g/mol. The van der Waals surface area contributed by atoms with E-state index in [1.165, 1.54) is 11.8 Å². The molecular weight excluding hydrogens is 536 g/mol. The first-order valence-electron chi connectivity index (χ1n) is 11.6. The number of likely N-dealkylation sites (tertiary alicyclic amines) is 1. The average Bonchev–Trinajstić information content (AvgIpc) is 3.46. The number of fused-ring (bicyclic) bond motifs is 2. The molecule has 4 heterocycles. The van der Waals surface area contributed by atoms with Crippen molar-refractivity contribution in [2.24, 2.45) is 11.8 Å². The Bertz CT molecular complexity index is 1330. The molecule has 186 valence electrons. The number of H-pyrrole nitrogens is 1. The maximum absolute atomic E-state index is 11.6. The fraction of sp³-hybridized carbons (Fsp3) is 0.478. The van der Waals surface area contributed by atoms with Crippen LogP contribution in [0.2, 0.25) is 0 Å². The van der Waals surface area contributed by atoms with Crippen LogP contribution in [0.15, 0.2) is 33.0 Å². The van der Waals surface area contributed by atoms with Gasteiger partial charge in [0.05, 0.1) is 6.33 Å². The number of carboxylic acid groups (broad SMARTS) is 1. The molecule has 2 aliphatic heterocycles. The van der Waals surface area contributed by atoms with Gasteiger partial charge in [-0.1, -0.05) is 25.6 Å². The summed E-state index contributed by atoms with van der Waals surface area (Å²) in [5.41, 5.74) is 1.43. The molecule has 0 radical (unpaired) electrons. The number of hydrogen-bond donors (Lipinski definition) is 3. The van der Waals surface area contributed by atoms with Gasteiger partial charge >= 0.3 is 6.09 Å². The lowest BCUT2D eigenvalue weighted by molar-refractivity contribution is 0.0682. The molecule has 35 heavy (non-hydrogen) atoms. The van der Waals surface area contributed by atoms with Crippen LogP contribution in [0.3, 0.4) is 0 Å². The van der Waals surface area contributed by atoms with Gasteiger partial charge in [-0.05, 0) is 59.2 Å². The number of rotatable bonds is 6. The number of aromatic amines is 1. The van der Waals surface area contributed by atoms with Crippen molar-refractivity contribution in [2.45, 2.75) is 55.7 Å². The van der Waals surface area contributed by atoms with Crippen molar-refractivity contribution in [3.63, 3.8) is 0 Å². The van der Waals surface area contributed by atoms with Crippen molar-refractivity contribution < 1.29 is 19.4 Å². The van der Waals surface area contributed by atoms with Crippen molar-refractivity contribution in [2.75, 3.05) is 13.3 Å². The van der Waals surface area contributed by atoms with Crippen LogP contribution in [0.4, 0.5) is 4.79 Å². The number of aromatic nitrogens is 4. The zero-order chi connectivity index (χ0) is 24.7. The quantitative estimate of drug-likeness (QED) is 0.397. The fourth-order valence-electron chi connectivity index (χ4n) is 4.78. The van der Waals surface area contributed by atoms with Gasteiger partial charge < -0.3 is 29.0 Å². The summed E-state index contributed by atoms with van der Waals surface area (Å²) in [6.07, 6.45) is 3.45. The van der Waals surface area contributed by atoms with E-state index in [-0.39, 0.29) is 24.2 Å². The number of imidazole rings is 1. The molecule has 10 nitrogen and oxygen atoms in total. The first-order chi connectivity index (χ1) is 16.8. The molecule has 1 fully saturated rings. The largest absolute Gasteiger partial charge is 0.465 e. The molecule has 2 aliphatic rings. The highest BCUT2D eigenvalue weighted by Gasteiger charge is 2.33. The van der Waals surface area contributed by atoms with Crippen molar-refractivity contribution in [3.05, 3.63) is 28.4 Å². The van der Waals surface area contributed by atoms with Crippen LogP contribution in [-0.2, 0) is 6.54 Å². The van der Waals surface area contributed by atoms with Crippen LogP contribution in [0.25, 0.3) is 11.2 Å². The van der Waals surface area contributed by atoms with E-state index in [2.05, 4.69) is 39.7 Å². The van der Waals surface area contributed by atoms with E-state index < -0.39 is 6.09 Å². The second kappa shape index (κ2) is 9.73. The maximum Gasteiger partial charge on any atom is 0.407 e. The molecule has 1 amide bonds. The summed E-state index contributed by atoms with van der Waals surface area (Å²) < 4.78 is 13.8.